The molecule has 0 unspecified atom stereocenters. The minimum absolute atomic E-state index is 0.173. The van der Waals surface area contributed by atoms with Crippen LogP contribution >= 0.6 is 12.2 Å². The summed E-state index contributed by atoms with van der Waals surface area (Å²) in [7, 11) is 1.62. The number of aryl methyl sites for hydroxylation is 1. The molecule has 0 aliphatic rings. The van der Waals surface area contributed by atoms with Gasteiger partial charge in [-0.2, -0.15) is 0 Å². The molecule has 2 aromatic heterocycles. The lowest BCUT2D eigenvalue weighted by Gasteiger charge is -2.10. The predicted octanol–water partition coefficient (Wildman–Crippen LogP) is 4.32. The number of methoxy groups -OCH3 is 1. The van der Waals surface area contributed by atoms with Crippen molar-refractivity contribution in [2.24, 2.45) is 0 Å². The first kappa shape index (κ1) is 21.0. The lowest BCUT2D eigenvalue weighted by Crippen LogP contribution is -2.23. The van der Waals surface area contributed by atoms with Gasteiger partial charge in [0.2, 0.25) is 0 Å². The van der Waals surface area contributed by atoms with Gasteiger partial charge in [0.1, 0.15) is 0 Å². The molecule has 0 fully saturated rings. The molecular weight excluding hydrogens is 412 g/mol. The number of hydrogen-bond acceptors (Lipinski definition) is 4. The molecule has 0 saturated carbocycles. The maximum Gasteiger partial charge on any atom is 0.262 e. The Labute approximate surface area is 184 Å². The number of aromatic nitrogens is 3. The summed E-state index contributed by atoms with van der Waals surface area (Å²) in [5.74, 6) is -0.250. The summed E-state index contributed by atoms with van der Waals surface area (Å²) in [4.78, 5) is 28.7. The first-order valence-corrected chi connectivity index (χ1v) is 10.6. The molecule has 0 bridgehead atoms. The number of amides is 1. The highest BCUT2D eigenvalue weighted by atomic mass is 32.1. The number of carbonyl (C=O) groups is 1. The number of ether oxygens (including phenoxy) is 1. The van der Waals surface area contributed by atoms with E-state index in [0.717, 1.165) is 17.4 Å². The second kappa shape index (κ2) is 8.87. The summed E-state index contributed by atoms with van der Waals surface area (Å²) >= 11 is 5.35. The lowest BCUT2D eigenvalue weighted by molar-refractivity contribution is 0.102. The molecule has 0 spiro atoms. The normalized spacial score (nSPS) is 11.3. The van der Waals surface area contributed by atoms with Crippen LogP contribution in [0.3, 0.4) is 0 Å². The molecule has 160 valence electrons. The fourth-order valence-corrected chi connectivity index (χ4v) is 4.01. The van der Waals surface area contributed by atoms with E-state index in [1.54, 1.807) is 25.3 Å². The molecule has 8 heteroatoms. The van der Waals surface area contributed by atoms with Crippen molar-refractivity contribution >= 4 is 45.6 Å². The Morgan fingerprint density at radius 1 is 1.19 bits per heavy atom. The van der Waals surface area contributed by atoms with Crippen molar-refractivity contribution in [1.29, 1.82) is 0 Å². The third-order valence-electron chi connectivity index (χ3n) is 5.34. The van der Waals surface area contributed by atoms with Crippen LogP contribution in [0, 0.1) is 4.77 Å². The molecule has 0 aliphatic carbocycles. The van der Waals surface area contributed by atoms with E-state index in [1.165, 1.54) is 4.57 Å². The summed E-state index contributed by atoms with van der Waals surface area (Å²) in [5, 5.41) is 4.49. The van der Waals surface area contributed by atoms with Crippen LogP contribution in [0.5, 0.6) is 0 Å². The van der Waals surface area contributed by atoms with Crippen molar-refractivity contribution in [3.05, 3.63) is 69.3 Å². The number of carbonyl (C=O) groups excluding carboxylic acids is 1. The molecule has 31 heavy (non-hydrogen) atoms. The van der Waals surface area contributed by atoms with Crippen molar-refractivity contribution in [3.63, 3.8) is 0 Å². The minimum Gasteiger partial charge on any atom is -0.385 e. The Balaban J connectivity index is 1.60. The minimum atomic E-state index is -0.250. The molecule has 0 aliphatic heterocycles. The Bertz CT molecular complexity index is 1380. The van der Waals surface area contributed by atoms with Crippen LogP contribution in [0.4, 0.5) is 5.69 Å². The Morgan fingerprint density at radius 2 is 2.03 bits per heavy atom. The van der Waals surface area contributed by atoms with E-state index in [-0.39, 0.29) is 11.5 Å². The van der Waals surface area contributed by atoms with Gasteiger partial charge in [-0.05, 0) is 68.0 Å². The van der Waals surface area contributed by atoms with Crippen LogP contribution < -0.4 is 10.9 Å². The number of H-pyrrole nitrogens is 1. The summed E-state index contributed by atoms with van der Waals surface area (Å²) in [5.41, 5.74) is 2.66. The monoisotopic (exact) mass is 436 g/mol. The molecule has 4 aromatic rings. The molecule has 2 aromatic carbocycles. The second-order valence-corrected chi connectivity index (χ2v) is 7.71. The van der Waals surface area contributed by atoms with Gasteiger partial charge in [-0.3, -0.25) is 14.2 Å². The summed E-state index contributed by atoms with van der Waals surface area (Å²) < 4.78 is 9.05. The number of fused-ring (bicyclic) bond motifs is 2. The number of hydrogen-bond donors (Lipinski definition) is 2. The van der Waals surface area contributed by atoms with Crippen LogP contribution in [-0.4, -0.2) is 33.7 Å². The molecule has 4 rings (SSSR count). The van der Waals surface area contributed by atoms with E-state index >= 15 is 0 Å². The second-order valence-electron chi connectivity index (χ2n) is 7.32. The fourth-order valence-electron chi connectivity index (χ4n) is 3.72. The van der Waals surface area contributed by atoms with Gasteiger partial charge in [-0.25, -0.2) is 0 Å². The molecule has 1 amide bonds. The van der Waals surface area contributed by atoms with Gasteiger partial charge in [0, 0.05) is 55.2 Å². The first-order chi connectivity index (χ1) is 15.0. The van der Waals surface area contributed by atoms with Gasteiger partial charge in [0.05, 0.1) is 10.9 Å². The van der Waals surface area contributed by atoms with E-state index < -0.39 is 0 Å². The van der Waals surface area contributed by atoms with Crippen LogP contribution in [0.15, 0.2) is 53.5 Å². The number of nitrogens with one attached hydrogen (secondary N) is 2. The van der Waals surface area contributed by atoms with Gasteiger partial charge in [-0.1, -0.05) is 0 Å². The smallest absolute Gasteiger partial charge is 0.262 e. The average Bonchev–Trinajstić information content (AvgIpc) is 3.18. The highest BCUT2D eigenvalue weighted by molar-refractivity contribution is 7.71. The maximum absolute atomic E-state index is 12.8. The summed E-state index contributed by atoms with van der Waals surface area (Å²) in [6.45, 7) is 4.01. The highest BCUT2D eigenvalue weighted by Crippen LogP contribution is 2.21. The Kier molecular flexibility index (Phi) is 6.01. The van der Waals surface area contributed by atoms with Crippen molar-refractivity contribution in [1.82, 2.24) is 14.1 Å². The van der Waals surface area contributed by atoms with E-state index in [0.29, 0.717) is 46.5 Å². The third kappa shape index (κ3) is 4.17. The molecule has 2 heterocycles. The number of benzene rings is 2. The van der Waals surface area contributed by atoms with Crippen molar-refractivity contribution in [2.75, 3.05) is 19.0 Å². The van der Waals surface area contributed by atoms with Crippen LogP contribution in [0.1, 0.15) is 23.7 Å². The Hall–Kier alpha value is -3.23. The SMILES string of the molecule is CCn1ccc2cc(NC(=O)c3ccc4c(=O)n(CCCOC)c(=S)[nH]c4c3)ccc21. The predicted molar refractivity (Wildman–Crippen MR) is 125 cm³/mol. The molecule has 0 saturated heterocycles. The van der Waals surface area contributed by atoms with Crippen LogP contribution in [0.2, 0.25) is 0 Å². The zero-order chi connectivity index (χ0) is 22.0. The lowest BCUT2D eigenvalue weighted by atomic mass is 10.1. The van der Waals surface area contributed by atoms with Crippen molar-refractivity contribution in [3.8, 4) is 0 Å². The number of nitrogens with zero attached hydrogens (tertiary/aromatic N) is 2. The van der Waals surface area contributed by atoms with E-state index in [4.69, 9.17) is 17.0 Å². The third-order valence-corrected chi connectivity index (χ3v) is 5.67. The molecule has 2 N–H and O–H groups in total. The van der Waals surface area contributed by atoms with E-state index in [2.05, 4.69) is 21.8 Å². The number of rotatable bonds is 7. The Morgan fingerprint density at radius 3 is 2.81 bits per heavy atom. The fraction of sp³-hybridized carbons (Fsp3) is 0.261. The zero-order valence-electron chi connectivity index (χ0n) is 17.5. The summed E-state index contributed by atoms with van der Waals surface area (Å²) in [6.07, 6.45) is 2.72. The van der Waals surface area contributed by atoms with Crippen LogP contribution in [0.25, 0.3) is 21.8 Å². The quantitative estimate of drug-likeness (QED) is 0.334. The van der Waals surface area contributed by atoms with Gasteiger partial charge >= 0.3 is 0 Å². The molecule has 7 nitrogen and oxygen atoms in total. The van der Waals surface area contributed by atoms with E-state index in [9.17, 15) is 9.59 Å². The first-order valence-electron chi connectivity index (χ1n) is 10.2. The molecular formula is C23H24N4O3S. The largest absolute Gasteiger partial charge is 0.385 e. The van der Waals surface area contributed by atoms with Crippen molar-refractivity contribution in [2.45, 2.75) is 26.4 Å². The van der Waals surface area contributed by atoms with Gasteiger partial charge in [-0.15, -0.1) is 0 Å². The molecule has 0 atom stereocenters. The van der Waals surface area contributed by atoms with Crippen molar-refractivity contribution < 1.29 is 9.53 Å². The topological polar surface area (TPSA) is 81.1 Å². The van der Waals surface area contributed by atoms with Gasteiger partial charge in [0.25, 0.3) is 11.5 Å². The standard InChI is InChI=1S/C23H24N4O3S/c1-3-26-11-9-15-13-17(6-8-20(15)26)24-21(28)16-5-7-18-19(14-16)25-23(31)27(22(18)29)10-4-12-30-2/h5-9,11,13-14H,3-4,10,12H2,1-2H3,(H,24,28)(H,25,31). The van der Waals surface area contributed by atoms with E-state index in [1.807, 2.05) is 30.5 Å². The number of aromatic amines is 1. The van der Waals surface area contributed by atoms with Gasteiger partial charge in [0.15, 0.2) is 4.77 Å². The van der Waals surface area contributed by atoms with Crippen LogP contribution in [-0.2, 0) is 17.8 Å². The summed E-state index contributed by atoms with van der Waals surface area (Å²) in [6, 6.07) is 12.8. The number of anilines is 1. The molecule has 0 radical (unpaired) electrons. The van der Waals surface area contributed by atoms with Gasteiger partial charge < -0.3 is 19.6 Å². The average molecular weight is 437 g/mol. The maximum atomic E-state index is 12.8. The zero-order valence-corrected chi connectivity index (χ0v) is 18.3. The highest BCUT2D eigenvalue weighted by Gasteiger charge is 2.11.